The van der Waals surface area contributed by atoms with Crippen molar-refractivity contribution in [2.24, 2.45) is 0 Å². The van der Waals surface area contributed by atoms with E-state index in [0.717, 1.165) is 5.56 Å². The third-order valence-electron chi connectivity index (χ3n) is 3.34. The van der Waals surface area contributed by atoms with Gasteiger partial charge in [-0.25, -0.2) is 0 Å². The molecule has 0 bridgehead atoms. The van der Waals surface area contributed by atoms with E-state index in [0.29, 0.717) is 10.6 Å². The Hall–Kier alpha value is -1.80. The molecule has 20 heavy (non-hydrogen) atoms. The van der Waals surface area contributed by atoms with E-state index in [9.17, 15) is 4.79 Å². The van der Waals surface area contributed by atoms with Gasteiger partial charge in [-0.2, -0.15) is 0 Å². The predicted molar refractivity (Wildman–Crippen MR) is 83.2 cm³/mol. The van der Waals surface area contributed by atoms with E-state index in [2.05, 4.69) is 37.4 Å². The summed E-state index contributed by atoms with van der Waals surface area (Å²) in [6.45, 7) is 6.09. The number of aryl methyl sites for hydroxylation is 2. The molecule has 0 aliphatic rings. The number of benzene rings is 2. The second-order valence-electron chi connectivity index (χ2n) is 5.07. The highest BCUT2D eigenvalue weighted by Gasteiger charge is 2.13. The summed E-state index contributed by atoms with van der Waals surface area (Å²) in [5.74, 6) is -0.110. The van der Waals surface area contributed by atoms with E-state index in [1.54, 1.807) is 24.3 Å². The number of carbonyl (C=O) groups excluding carboxylic acids is 1. The second kappa shape index (κ2) is 6.10. The number of nitrogens with one attached hydrogen (secondary N) is 1. The Morgan fingerprint density at radius 1 is 1.15 bits per heavy atom. The molecular formula is C17H18ClNO. The van der Waals surface area contributed by atoms with Gasteiger partial charge in [0.1, 0.15) is 0 Å². The Morgan fingerprint density at radius 3 is 2.60 bits per heavy atom. The Morgan fingerprint density at radius 2 is 1.90 bits per heavy atom. The van der Waals surface area contributed by atoms with Crippen LogP contribution in [0.4, 0.5) is 0 Å². The summed E-state index contributed by atoms with van der Waals surface area (Å²) in [6, 6.07) is 13.2. The molecule has 2 aromatic rings. The summed E-state index contributed by atoms with van der Waals surface area (Å²) in [4.78, 5) is 12.2. The van der Waals surface area contributed by atoms with Crippen LogP contribution in [0.5, 0.6) is 0 Å². The van der Waals surface area contributed by atoms with Crippen LogP contribution >= 0.6 is 11.6 Å². The minimum Gasteiger partial charge on any atom is -0.346 e. The SMILES string of the molecule is Cc1ccc(C)c([C@@H](C)NC(=O)c2cccc(Cl)c2)c1. The van der Waals surface area contributed by atoms with Crippen molar-refractivity contribution < 1.29 is 4.79 Å². The van der Waals surface area contributed by atoms with Gasteiger partial charge in [-0.05, 0) is 50.1 Å². The first-order valence-electron chi connectivity index (χ1n) is 6.61. The maximum Gasteiger partial charge on any atom is 0.251 e. The number of amides is 1. The molecule has 0 saturated heterocycles. The molecular weight excluding hydrogens is 270 g/mol. The summed E-state index contributed by atoms with van der Waals surface area (Å²) in [5, 5.41) is 3.58. The minimum absolute atomic E-state index is 0.0404. The monoisotopic (exact) mass is 287 g/mol. The zero-order valence-electron chi connectivity index (χ0n) is 11.9. The number of hydrogen-bond acceptors (Lipinski definition) is 1. The van der Waals surface area contributed by atoms with E-state index in [4.69, 9.17) is 11.6 Å². The van der Waals surface area contributed by atoms with Crippen LogP contribution < -0.4 is 5.32 Å². The molecule has 0 saturated carbocycles. The fourth-order valence-corrected chi connectivity index (χ4v) is 2.40. The minimum atomic E-state index is -0.110. The van der Waals surface area contributed by atoms with Crippen molar-refractivity contribution >= 4 is 17.5 Å². The van der Waals surface area contributed by atoms with Gasteiger partial charge in [0.05, 0.1) is 6.04 Å². The summed E-state index contributed by atoms with van der Waals surface area (Å²) < 4.78 is 0. The van der Waals surface area contributed by atoms with Gasteiger partial charge < -0.3 is 5.32 Å². The molecule has 104 valence electrons. The van der Waals surface area contributed by atoms with Crippen molar-refractivity contribution in [1.82, 2.24) is 5.32 Å². The van der Waals surface area contributed by atoms with Crippen LogP contribution in [0.15, 0.2) is 42.5 Å². The number of hydrogen-bond donors (Lipinski definition) is 1. The number of halogens is 1. The zero-order chi connectivity index (χ0) is 14.7. The van der Waals surface area contributed by atoms with Crippen LogP contribution in [-0.2, 0) is 0 Å². The van der Waals surface area contributed by atoms with Gasteiger partial charge in [-0.1, -0.05) is 41.4 Å². The molecule has 0 aromatic heterocycles. The lowest BCUT2D eigenvalue weighted by molar-refractivity contribution is 0.0940. The van der Waals surface area contributed by atoms with Crippen LogP contribution in [-0.4, -0.2) is 5.91 Å². The Kier molecular flexibility index (Phi) is 4.46. The lowest BCUT2D eigenvalue weighted by atomic mass is 10.00. The van der Waals surface area contributed by atoms with Crippen LogP contribution in [0, 0.1) is 13.8 Å². The molecule has 2 nitrogen and oxygen atoms in total. The molecule has 2 aromatic carbocycles. The molecule has 1 atom stereocenters. The Bertz CT molecular complexity index is 637. The van der Waals surface area contributed by atoms with Crippen LogP contribution in [0.2, 0.25) is 5.02 Å². The highest BCUT2D eigenvalue weighted by Crippen LogP contribution is 2.19. The highest BCUT2D eigenvalue weighted by molar-refractivity contribution is 6.30. The van der Waals surface area contributed by atoms with Crippen LogP contribution in [0.25, 0.3) is 0 Å². The molecule has 0 aliphatic heterocycles. The first kappa shape index (κ1) is 14.6. The van der Waals surface area contributed by atoms with Gasteiger partial charge in [0.2, 0.25) is 0 Å². The normalized spacial score (nSPS) is 12.0. The Balaban J connectivity index is 2.17. The lowest BCUT2D eigenvalue weighted by Crippen LogP contribution is -2.27. The largest absolute Gasteiger partial charge is 0.346 e. The molecule has 0 fully saturated rings. The lowest BCUT2D eigenvalue weighted by Gasteiger charge is -2.17. The number of rotatable bonds is 3. The van der Waals surface area contributed by atoms with Gasteiger partial charge in [0.15, 0.2) is 0 Å². The predicted octanol–water partition coefficient (Wildman–Crippen LogP) is 4.45. The molecule has 0 radical (unpaired) electrons. The van der Waals surface area contributed by atoms with Crippen molar-refractivity contribution in [3.8, 4) is 0 Å². The maximum absolute atomic E-state index is 12.2. The summed E-state index contributed by atoms with van der Waals surface area (Å²) in [7, 11) is 0. The molecule has 0 aliphatic carbocycles. The van der Waals surface area contributed by atoms with Crippen LogP contribution in [0.1, 0.15) is 40.0 Å². The fourth-order valence-electron chi connectivity index (χ4n) is 2.21. The van der Waals surface area contributed by atoms with Gasteiger partial charge in [0.25, 0.3) is 5.91 Å². The van der Waals surface area contributed by atoms with E-state index < -0.39 is 0 Å². The Labute approximate surface area is 124 Å². The molecule has 3 heteroatoms. The maximum atomic E-state index is 12.2. The first-order chi connectivity index (χ1) is 9.47. The van der Waals surface area contributed by atoms with Gasteiger partial charge in [0, 0.05) is 10.6 Å². The standard InChI is InChI=1S/C17H18ClNO/c1-11-7-8-12(2)16(9-11)13(3)19-17(20)14-5-4-6-15(18)10-14/h4-10,13H,1-3H3,(H,19,20)/t13-/m1/s1. The molecule has 0 heterocycles. The molecule has 0 unspecified atom stereocenters. The van der Waals surface area contributed by atoms with Gasteiger partial charge in [-0.3, -0.25) is 4.79 Å². The van der Waals surface area contributed by atoms with Crippen molar-refractivity contribution in [1.29, 1.82) is 0 Å². The molecule has 2 rings (SSSR count). The van der Waals surface area contributed by atoms with Crippen molar-refractivity contribution in [2.45, 2.75) is 26.8 Å². The molecule has 0 spiro atoms. The summed E-state index contributed by atoms with van der Waals surface area (Å²) in [5.41, 5.74) is 4.08. The van der Waals surface area contributed by atoms with E-state index in [-0.39, 0.29) is 11.9 Å². The third kappa shape index (κ3) is 3.40. The van der Waals surface area contributed by atoms with E-state index in [1.165, 1.54) is 11.1 Å². The van der Waals surface area contributed by atoms with E-state index >= 15 is 0 Å². The summed E-state index contributed by atoms with van der Waals surface area (Å²) >= 11 is 5.91. The smallest absolute Gasteiger partial charge is 0.251 e. The van der Waals surface area contributed by atoms with Gasteiger partial charge >= 0.3 is 0 Å². The topological polar surface area (TPSA) is 29.1 Å². The first-order valence-corrected chi connectivity index (χ1v) is 6.99. The van der Waals surface area contributed by atoms with Crippen molar-refractivity contribution in [3.63, 3.8) is 0 Å². The van der Waals surface area contributed by atoms with Crippen molar-refractivity contribution in [2.75, 3.05) is 0 Å². The average molecular weight is 288 g/mol. The zero-order valence-corrected chi connectivity index (χ0v) is 12.7. The van der Waals surface area contributed by atoms with Gasteiger partial charge in [-0.15, -0.1) is 0 Å². The molecule has 1 amide bonds. The average Bonchev–Trinajstić information content (AvgIpc) is 2.41. The highest BCUT2D eigenvalue weighted by atomic mass is 35.5. The summed E-state index contributed by atoms with van der Waals surface area (Å²) in [6.07, 6.45) is 0. The second-order valence-corrected chi connectivity index (χ2v) is 5.50. The van der Waals surface area contributed by atoms with E-state index in [1.807, 2.05) is 6.92 Å². The third-order valence-corrected chi connectivity index (χ3v) is 3.57. The molecule has 1 N–H and O–H groups in total. The fraction of sp³-hybridized carbons (Fsp3) is 0.235. The van der Waals surface area contributed by atoms with Crippen LogP contribution in [0.3, 0.4) is 0 Å². The quantitative estimate of drug-likeness (QED) is 0.888. The van der Waals surface area contributed by atoms with Crippen molar-refractivity contribution in [3.05, 3.63) is 69.7 Å². The number of carbonyl (C=O) groups is 1.